The van der Waals surface area contributed by atoms with E-state index in [1.165, 1.54) is 30.2 Å². The number of nitrogens with one attached hydrogen (secondary N) is 1. The Morgan fingerprint density at radius 1 is 1.26 bits per heavy atom. The summed E-state index contributed by atoms with van der Waals surface area (Å²) >= 11 is 0. The number of hydrogen-bond acceptors (Lipinski definition) is 2. The summed E-state index contributed by atoms with van der Waals surface area (Å²) in [5.41, 5.74) is 2.61. The summed E-state index contributed by atoms with van der Waals surface area (Å²) in [5, 5.41) is 4.75. The van der Waals surface area contributed by atoms with Crippen molar-refractivity contribution < 1.29 is 0 Å². The Bertz CT molecular complexity index is 550. The van der Waals surface area contributed by atoms with Gasteiger partial charge >= 0.3 is 0 Å². The van der Waals surface area contributed by atoms with Gasteiger partial charge in [0.25, 0.3) is 0 Å². The lowest BCUT2D eigenvalue weighted by Gasteiger charge is -2.20. The van der Waals surface area contributed by atoms with Crippen LogP contribution in [0.4, 0.5) is 0 Å². The van der Waals surface area contributed by atoms with Crippen LogP contribution in [0.25, 0.3) is 10.9 Å². The SMILES string of the molecule is CCNCC1CCCC1c1ccc2cccnc2c1. The molecule has 1 aliphatic rings. The number of hydrogen-bond donors (Lipinski definition) is 1. The summed E-state index contributed by atoms with van der Waals surface area (Å²) in [6, 6.07) is 11.0. The predicted molar refractivity (Wildman–Crippen MR) is 80.4 cm³/mol. The molecule has 100 valence electrons. The molecule has 2 atom stereocenters. The minimum Gasteiger partial charge on any atom is -0.317 e. The molecule has 0 aliphatic heterocycles. The minimum absolute atomic E-state index is 0.713. The molecule has 1 aromatic carbocycles. The zero-order valence-corrected chi connectivity index (χ0v) is 11.6. The maximum atomic E-state index is 4.48. The molecule has 2 aromatic rings. The van der Waals surface area contributed by atoms with Gasteiger partial charge in [0, 0.05) is 11.6 Å². The molecule has 0 saturated heterocycles. The van der Waals surface area contributed by atoms with Crippen LogP contribution in [0.15, 0.2) is 36.5 Å². The highest BCUT2D eigenvalue weighted by atomic mass is 14.8. The van der Waals surface area contributed by atoms with Gasteiger partial charge in [0.2, 0.25) is 0 Å². The van der Waals surface area contributed by atoms with Gasteiger partial charge in [-0.15, -0.1) is 0 Å². The third-order valence-electron chi connectivity index (χ3n) is 4.37. The van der Waals surface area contributed by atoms with Gasteiger partial charge in [-0.2, -0.15) is 0 Å². The van der Waals surface area contributed by atoms with Crippen LogP contribution >= 0.6 is 0 Å². The van der Waals surface area contributed by atoms with Crippen LogP contribution in [0.1, 0.15) is 37.7 Å². The molecule has 1 aliphatic carbocycles. The molecular formula is C17H22N2. The van der Waals surface area contributed by atoms with E-state index < -0.39 is 0 Å². The highest BCUT2D eigenvalue weighted by Gasteiger charge is 2.28. The zero-order valence-electron chi connectivity index (χ0n) is 11.6. The molecule has 0 radical (unpaired) electrons. The van der Waals surface area contributed by atoms with Crippen LogP contribution < -0.4 is 5.32 Å². The van der Waals surface area contributed by atoms with E-state index in [9.17, 15) is 0 Å². The van der Waals surface area contributed by atoms with Crippen molar-refractivity contribution in [2.75, 3.05) is 13.1 Å². The highest BCUT2D eigenvalue weighted by molar-refractivity contribution is 5.79. The normalized spacial score (nSPS) is 23.0. The molecule has 3 rings (SSSR count). The molecular weight excluding hydrogens is 232 g/mol. The minimum atomic E-state index is 0.713. The zero-order chi connectivity index (χ0) is 13.1. The Balaban J connectivity index is 1.86. The Hall–Kier alpha value is -1.41. The molecule has 1 fully saturated rings. The fraction of sp³-hybridized carbons (Fsp3) is 0.471. The van der Waals surface area contributed by atoms with Crippen LogP contribution in [0.3, 0.4) is 0 Å². The van der Waals surface area contributed by atoms with Gasteiger partial charge in [0.1, 0.15) is 0 Å². The number of pyridine rings is 1. The molecule has 2 unspecified atom stereocenters. The summed E-state index contributed by atoms with van der Waals surface area (Å²) in [6.45, 7) is 4.41. The molecule has 1 saturated carbocycles. The van der Waals surface area contributed by atoms with Gasteiger partial charge in [-0.1, -0.05) is 31.5 Å². The van der Waals surface area contributed by atoms with Crippen molar-refractivity contribution >= 4 is 10.9 Å². The first-order valence-corrected chi connectivity index (χ1v) is 7.44. The number of fused-ring (bicyclic) bond motifs is 1. The topological polar surface area (TPSA) is 24.9 Å². The monoisotopic (exact) mass is 254 g/mol. The first kappa shape index (κ1) is 12.6. The fourth-order valence-electron chi connectivity index (χ4n) is 3.36. The molecule has 2 heteroatoms. The second-order valence-corrected chi connectivity index (χ2v) is 5.56. The smallest absolute Gasteiger partial charge is 0.0704 e. The van der Waals surface area contributed by atoms with Gasteiger partial charge in [-0.25, -0.2) is 0 Å². The van der Waals surface area contributed by atoms with Crippen LogP contribution in [0.2, 0.25) is 0 Å². The van der Waals surface area contributed by atoms with Gasteiger partial charge in [0.15, 0.2) is 0 Å². The Kier molecular flexibility index (Phi) is 3.79. The van der Waals surface area contributed by atoms with Crippen LogP contribution in [-0.2, 0) is 0 Å². The van der Waals surface area contributed by atoms with Crippen LogP contribution in [0.5, 0.6) is 0 Å². The first-order valence-electron chi connectivity index (χ1n) is 7.44. The molecule has 1 heterocycles. The molecule has 1 aromatic heterocycles. The summed E-state index contributed by atoms with van der Waals surface area (Å²) in [7, 11) is 0. The maximum absolute atomic E-state index is 4.48. The van der Waals surface area contributed by atoms with Crippen molar-refractivity contribution in [3.8, 4) is 0 Å². The molecule has 2 nitrogen and oxygen atoms in total. The van der Waals surface area contributed by atoms with E-state index >= 15 is 0 Å². The van der Waals surface area contributed by atoms with Crippen LogP contribution in [0, 0.1) is 5.92 Å². The number of benzene rings is 1. The molecule has 0 spiro atoms. The standard InChI is InChI=1S/C17H22N2/c1-2-18-12-15-5-3-7-16(15)14-9-8-13-6-4-10-19-17(13)11-14/h4,6,8-11,15-16,18H,2-3,5,7,12H2,1H3. The average Bonchev–Trinajstić information content (AvgIpc) is 2.93. The van der Waals surface area contributed by atoms with E-state index in [0.717, 1.165) is 24.5 Å². The van der Waals surface area contributed by atoms with Crippen molar-refractivity contribution in [1.29, 1.82) is 0 Å². The van der Waals surface area contributed by atoms with Crippen molar-refractivity contribution in [3.63, 3.8) is 0 Å². The van der Waals surface area contributed by atoms with E-state index in [1.807, 2.05) is 12.3 Å². The Labute approximate surface area is 115 Å². The van der Waals surface area contributed by atoms with Gasteiger partial charge in [-0.3, -0.25) is 4.98 Å². The second-order valence-electron chi connectivity index (χ2n) is 5.56. The lowest BCUT2D eigenvalue weighted by molar-refractivity contribution is 0.450. The first-order chi connectivity index (χ1) is 9.38. The van der Waals surface area contributed by atoms with E-state index in [1.54, 1.807) is 0 Å². The lowest BCUT2D eigenvalue weighted by atomic mass is 9.88. The molecule has 0 bridgehead atoms. The van der Waals surface area contributed by atoms with Crippen LogP contribution in [-0.4, -0.2) is 18.1 Å². The molecule has 1 N–H and O–H groups in total. The van der Waals surface area contributed by atoms with Crippen molar-refractivity contribution in [3.05, 3.63) is 42.1 Å². The lowest BCUT2D eigenvalue weighted by Crippen LogP contribution is -2.24. The van der Waals surface area contributed by atoms with Crippen molar-refractivity contribution in [1.82, 2.24) is 10.3 Å². The highest BCUT2D eigenvalue weighted by Crippen LogP contribution is 2.39. The van der Waals surface area contributed by atoms with E-state index in [0.29, 0.717) is 5.92 Å². The van der Waals surface area contributed by atoms with E-state index in [-0.39, 0.29) is 0 Å². The van der Waals surface area contributed by atoms with Gasteiger partial charge in [0.05, 0.1) is 5.52 Å². The van der Waals surface area contributed by atoms with Gasteiger partial charge < -0.3 is 5.32 Å². The summed E-state index contributed by atoms with van der Waals surface area (Å²) in [4.78, 5) is 4.48. The molecule has 0 amide bonds. The third-order valence-corrected chi connectivity index (χ3v) is 4.37. The Morgan fingerprint density at radius 2 is 2.21 bits per heavy atom. The van der Waals surface area contributed by atoms with E-state index in [4.69, 9.17) is 0 Å². The summed E-state index contributed by atoms with van der Waals surface area (Å²) < 4.78 is 0. The van der Waals surface area contributed by atoms with E-state index in [2.05, 4.69) is 41.5 Å². The van der Waals surface area contributed by atoms with Crippen molar-refractivity contribution in [2.45, 2.75) is 32.1 Å². The number of aromatic nitrogens is 1. The summed E-state index contributed by atoms with van der Waals surface area (Å²) in [5.74, 6) is 1.51. The average molecular weight is 254 g/mol. The molecule has 19 heavy (non-hydrogen) atoms. The second kappa shape index (κ2) is 5.70. The quantitative estimate of drug-likeness (QED) is 0.899. The van der Waals surface area contributed by atoms with Crippen molar-refractivity contribution in [2.24, 2.45) is 5.92 Å². The number of rotatable bonds is 4. The maximum Gasteiger partial charge on any atom is 0.0704 e. The largest absolute Gasteiger partial charge is 0.317 e. The third kappa shape index (κ3) is 2.64. The Morgan fingerprint density at radius 3 is 3.11 bits per heavy atom. The fourth-order valence-corrected chi connectivity index (χ4v) is 3.36. The predicted octanol–water partition coefficient (Wildman–Crippen LogP) is 3.73. The summed E-state index contributed by atoms with van der Waals surface area (Å²) in [6.07, 6.45) is 5.93. The number of nitrogens with zero attached hydrogens (tertiary/aromatic N) is 1. The van der Waals surface area contributed by atoms with Gasteiger partial charge in [-0.05, 0) is 55.5 Å².